The predicted octanol–water partition coefficient (Wildman–Crippen LogP) is 5.71. The second-order valence-electron chi connectivity index (χ2n) is 5.51. The van der Waals surface area contributed by atoms with Crippen LogP contribution in [-0.4, -0.2) is 23.0 Å². The molecule has 1 saturated carbocycles. The lowest BCUT2D eigenvalue weighted by molar-refractivity contribution is 0.129. The summed E-state index contributed by atoms with van der Waals surface area (Å²) in [5.41, 5.74) is 1.19. The summed E-state index contributed by atoms with van der Waals surface area (Å²) in [6.45, 7) is 12.6. The number of rotatable bonds is 3. The van der Waals surface area contributed by atoms with Crippen molar-refractivity contribution in [3.63, 3.8) is 0 Å². The first-order valence-corrected chi connectivity index (χ1v) is 8.81. The van der Waals surface area contributed by atoms with E-state index in [1.807, 2.05) is 40.0 Å². The Morgan fingerprint density at radius 2 is 1.62 bits per heavy atom. The fourth-order valence-corrected chi connectivity index (χ4v) is 2.80. The SMILES string of the molecule is CC.CC.CC1CCC(N(C)C(C)c2ccccn2)CC1. The number of hydrogen-bond acceptors (Lipinski definition) is 2. The quantitative estimate of drug-likeness (QED) is 0.709. The van der Waals surface area contributed by atoms with Gasteiger partial charge in [-0.25, -0.2) is 0 Å². The van der Waals surface area contributed by atoms with Crippen LogP contribution in [-0.2, 0) is 0 Å². The molecule has 0 bridgehead atoms. The molecule has 1 aromatic heterocycles. The van der Waals surface area contributed by atoms with Crippen LogP contribution in [0.2, 0.25) is 0 Å². The Labute approximate surface area is 133 Å². The summed E-state index contributed by atoms with van der Waals surface area (Å²) in [4.78, 5) is 6.98. The Kier molecular flexibility index (Phi) is 11.2. The molecule has 0 aromatic carbocycles. The average Bonchev–Trinajstić information content (AvgIpc) is 2.58. The molecule has 2 rings (SSSR count). The van der Waals surface area contributed by atoms with E-state index in [0.29, 0.717) is 6.04 Å². The van der Waals surface area contributed by atoms with E-state index in [1.54, 1.807) is 0 Å². The van der Waals surface area contributed by atoms with Gasteiger partial charge in [0.15, 0.2) is 0 Å². The van der Waals surface area contributed by atoms with Crippen LogP contribution < -0.4 is 0 Å². The van der Waals surface area contributed by atoms with Gasteiger partial charge in [0.05, 0.1) is 5.69 Å². The maximum Gasteiger partial charge on any atom is 0.0572 e. The summed E-state index contributed by atoms with van der Waals surface area (Å²) in [6.07, 6.45) is 7.33. The van der Waals surface area contributed by atoms with Crippen LogP contribution in [0, 0.1) is 5.92 Å². The Morgan fingerprint density at radius 3 is 2.10 bits per heavy atom. The molecular weight excluding hydrogens is 256 g/mol. The van der Waals surface area contributed by atoms with Gasteiger partial charge in [-0.15, -0.1) is 0 Å². The fourth-order valence-electron chi connectivity index (χ4n) is 2.80. The van der Waals surface area contributed by atoms with Crippen molar-refractivity contribution in [3.05, 3.63) is 30.1 Å². The Balaban J connectivity index is 0.000000921. The minimum Gasteiger partial charge on any atom is -0.295 e. The molecule has 2 nitrogen and oxygen atoms in total. The molecule has 0 aliphatic heterocycles. The van der Waals surface area contributed by atoms with Crippen molar-refractivity contribution in [2.45, 2.75) is 79.3 Å². The zero-order chi connectivity index (χ0) is 16.3. The third-order valence-corrected chi connectivity index (χ3v) is 4.29. The van der Waals surface area contributed by atoms with E-state index in [-0.39, 0.29) is 0 Å². The highest BCUT2D eigenvalue weighted by Crippen LogP contribution is 2.30. The summed E-state index contributed by atoms with van der Waals surface area (Å²) in [5, 5.41) is 0. The first-order chi connectivity index (χ1) is 10.2. The van der Waals surface area contributed by atoms with Gasteiger partial charge in [-0.1, -0.05) is 40.7 Å². The van der Waals surface area contributed by atoms with E-state index >= 15 is 0 Å². The van der Waals surface area contributed by atoms with Gasteiger partial charge in [0.2, 0.25) is 0 Å². The lowest BCUT2D eigenvalue weighted by Gasteiger charge is -2.37. The van der Waals surface area contributed by atoms with Gasteiger partial charge in [-0.3, -0.25) is 9.88 Å². The zero-order valence-corrected chi connectivity index (χ0v) is 15.3. The Morgan fingerprint density at radius 1 is 1.05 bits per heavy atom. The molecule has 1 unspecified atom stereocenters. The number of pyridine rings is 1. The topological polar surface area (TPSA) is 16.1 Å². The first kappa shape index (κ1) is 20.1. The molecule has 122 valence electrons. The van der Waals surface area contributed by atoms with E-state index in [1.165, 1.54) is 31.4 Å². The molecule has 0 N–H and O–H groups in total. The monoisotopic (exact) mass is 292 g/mol. The van der Waals surface area contributed by atoms with Gasteiger partial charge in [0.25, 0.3) is 0 Å². The second kappa shape index (κ2) is 11.7. The molecule has 1 heterocycles. The number of hydrogen-bond donors (Lipinski definition) is 0. The van der Waals surface area contributed by atoms with Crippen molar-refractivity contribution in [1.82, 2.24) is 9.88 Å². The summed E-state index contributed by atoms with van der Waals surface area (Å²) in [7, 11) is 2.25. The van der Waals surface area contributed by atoms with Crippen molar-refractivity contribution >= 4 is 0 Å². The Bertz CT molecular complexity index is 329. The lowest BCUT2D eigenvalue weighted by atomic mass is 9.86. The van der Waals surface area contributed by atoms with Crippen molar-refractivity contribution < 1.29 is 0 Å². The molecule has 0 radical (unpaired) electrons. The van der Waals surface area contributed by atoms with E-state index in [0.717, 1.165) is 12.0 Å². The van der Waals surface area contributed by atoms with Crippen molar-refractivity contribution in [2.75, 3.05) is 7.05 Å². The van der Waals surface area contributed by atoms with Gasteiger partial charge in [0, 0.05) is 18.3 Å². The minimum absolute atomic E-state index is 0.426. The number of aromatic nitrogens is 1. The van der Waals surface area contributed by atoms with E-state index < -0.39 is 0 Å². The average molecular weight is 293 g/mol. The second-order valence-corrected chi connectivity index (χ2v) is 5.51. The third kappa shape index (κ3) is 6.60. The molecule has 2 heteroatoms. The normalized spacial score (nSPS) is 22.5. The highest BCUT2D eigenvalue weighted by atomic mass is 15.2. The highest BCUT2D eigenvalue weighted by Gasteiger charge is 2.25. The molecule has 21 heavy (non-hydrogen) atoms. The minimum atomic E-state index is 0.426. The molecule has 1 aliphatic rings. The van der Waals surface area contributed by atoms with Crippen LogP contribution >= 0.6 is 0 Å². The van der Waals surface area contributed by atoms with Gasteiger partial charge in [-0.2, -0.15) is 0 Å². The fraction of sp³-hybridized carbons (Fsp3) is 0.737. The number of nitrogens with zero attached hydrogens (tertiary/aromatic N) is 2. The van der Waals surface area contributed by atoms with Crippen LogP contribution in [0.1, 0.15) is 79.0 Å². The zero-order valence-electron chi connectivity index (χ0n) is 15.3. The standard InChI is InChI=1S/C15H24N2.2C2H6/c1-12-7-9-14(10-8-12)17(3)13(2)15-6-4-5-11-16-15;2*1-2/h4-6,11-14H,7-10H2,1-3H3;2*1-2H3. The third-order valence-electron chi connectivity index (χ3n) is 4.29. The predicted molar refractivity (Wildman–Crippen MR) is 94.5 cm³/mol. The van der Waals surface area contributed by atoms with Gasteiger partial charge in [-0.05, 0) is 57.7 Å². The smallest absolute Gasteiger partial charge is 0.0572 e. The summed E-state index contributed by atoms with van der Waals surface area (Å²) in [5.74, 6) is 0.921. The molecular formula is C19H36N2. The Hall–Kier alpha value is -0.890. The highest BCUT2D eigenvalue weighted by molar-refractivity contribution is 5.08. The molecule has 1 fully saturated rings. The van der Waals surface area contributed by atoms with Crippen molar-refractivity contribution in [2.24, 2.45) is 5.92 Å². The lowest BCUT2D eigenvalue weighted by Crippen LogP contribution is -2.36. The van der Waals surface area contributed by atoms with Gasteiger partial charge >= 0.3 is 0 Å². The first-order valence-electron chi connectivity index (χ1n) is 8.81. The van der Waals surface area contributed by atoms with Crippen LogP contribution in [0.5, 0.6) is 0 Å². The molecule has 0 spiro atoms. The summed E-state index contributed by atoms with van der Waals surface area (Å²) >= 11 is 0. The molecule has 0 saturated heterocycles. The van der Waals surface area contributed by atoms with Crippen LogP contribution in [0.4, 0.5) is 0 Å². The summed E-state index contributed by atoms with van der Waals surface area (Å²) in [6, 6.07) is 7.36. The van der Waals surface area contributed by atoms with Crippen LogP contribution in [0.15, 0.2) is 24.4 Å². The summed E-state index contributed by atoms with van der Waals surface area (Å²) < 4.78 is 0. The molecule has 1 atom stereocenters. The molecule has 1 aromatic rings. The van der Waals surface area contributed by atoms with Gasteiger partial charge in [0.1, 0.15) is 0 Å². The van der Waals surface area contributed by atoms with E-state index in [9.17, 15) is 0 Å². The van der Waals surface area contributed by atoms with Gasteiger partial charge < -0.3 is 0 Å². The maximum absolute atomic E-state index is 4.47. The molecule has 1 aliphatic carbocycles. The van der Waals surface area contributed by atoms with Crippen LogP contribution in [0.25, 0.3) is 0 Å². The van der Waals surface area contributed by atoms with Crippen molar-refractivity contribution in [3.8, 4) is 0 Å². The maximum atomic E-state index is 4.47. The largest absolute Gasteiger partial charge is 0.295 e. The van der Waals surface area contributed by atoms with E-state index in [4.69, 9.17) is 0 Å². The van der Waals surface area contributed by atoms with Crippen molar-refractivity contribution in [1.29, 1.82) is 0 Å². The van der Waals surface area contributed by atoms with Crippen LogP contribution in [0.3, 0.4) is 0 Å². The molecule has 0 amide bonds. The van der Waals surface area contributed by atoms with E-state index in [2.05, 4.69) is 42.9 Å².